The minimum absolute atomic E-state index is 0.162. The van der Waals surface area contributed by atoms with Crippen molar-refractivity contribution >= 4 is 0 Å². The van der Waals surface area contributed by atoms with Gasteiger partial charge in [0.15, 0.2) is 0 Å². The van der Waals surface area contributed by atoms with Crippen LogP contribution >= 0.6 is 0 Å². The van der Waals surface area contributed by atoms with E-state index in [0.717, 1.165) is 30.8 Å². The summed E-state index contributed by atoms with van der Waals surface area (Å²) in [6, 6.07) is 1.44. The van der Waals surface area contributed by atoms with Crippen LogP contribution in [0.1, 0.15) is 71.1 Å². The predicted molar refractivity (Wildman–Crippen MR) is 89.5 cm³/mol. The zero-order valence-electron chi connectivity index (χ0n) is 14.1. The van der Waals surface area contributed by atoms with E-state index < -0.39 is 0 Å². The Kier molecular flexibility index (Phi) is 7.48. The molecule has 3 nitrogen and oxygen atoms in total. The van der Waals surface area contributed by atoms with Crippen molar-refractivity contribution in [2.45, 2.75) is 89.3 Å². The third-order valence-electron chi connectivity index (χ3n) is 5.88. The van der Waals surface area contributed by atoms with Crippen molar-refractivity contribution in [3.05, 3.63) is 0 Å². The molecule has 1 unspecified atom stereocenters. The average Bonchev–Trinajstić information content (AvgIpc) is 2.54. The molecule has 0 aromatic heterocycles. The first-order chi connectivity index (χ1) is 10.2. The summed E-state index contributed by atoms with van der Waals surface area (Å²) < 4.78 is 0. The van der Waals surface area contributed by atoms with Crippen LogP contribution in [0.5, 0.6) is 0 Å². The van der Waals surface area contributed by atoms with Crippen LogP contribution in [0.15, 0.2) is 0 Å². The largest absolute Gasteiger partial charge is 0.392 e. The lowest BCUT2D eigenvalue weighted by Crippen LogP contribution is -2.38. The highest BCUT2D eigenvalue weighted by atomic mass is 16.3. The van der Waals surface area contributed by atoms with Crippen molar-refractivity contribution in [1.29, 1.82) is 0 Å². The van der Waals surface area contributed by atoms with E-state index >= 15 is 0 Å². The first kappa shape index (κ1) is 17.2. The minimum atomic E-state index is -0.162. The second kappa shape index (κ2) is 9.12. The molecule has 2 saturated carbocycles. The van der Waals surface area contributed by atoms with E-state index in [9.17, 15) is 5.11 Å². The number of aliphatic hydroxyl groups excluding tert-OH is 1. The summed E-state index contributed by atoms with van der Waals surface area (Å²) >= 11 is 0. The first-order valence-electron chi connectivity index (χ1n) is 9.30. The van der Waals surface area contributed by atoms with E-state index in [1.165, 1.54) is 57.8 Å². The van der Waals surface area contributed by atoms with Gasteiger partial charge in [0.2, 0.25) is 0 Å². The molecule has 0 radical (unpaired) electrons. The van der Waals surface area contributed by atoms with Crippen molar-refractivity contribution in [3.63, 3.8) is 0 Å². The molecule has 0 bridgehead atoms. The molecule has 0 aliphatic heterocycles. The standard InChI is InChI=1S/C18H36N2O/c1-3-18(21)13-20-17-10-6-15(7-11-17)12-14-4-8-16(19-2)9-5-14/h14-21H,3-13H2,1-2H3. The third kappa shape index (κ3) is 5.88. The summed E-state index contributed by atoms with van der Waals surface area (Å²) in [5.74, 6) is 1.96. The molecule has 1 atom stereocenters. The van der Waals surface area contributed by atoms with E-state index in [4.69, 9.17) is 0 Å². The molecular formula is C18H36N2O. The Morgan fingerprint density at radius 2 is 1.43 bits per heavy atom. The number of nitrogens with one attached hydrogen (secondary N) is 2. The molecule has 2 aliphatic carbocycles. The highest BCUT2D eigenvalue weighted by molar-refractivity contribution is 4.82. The fourth-order valence-electron chi connectivity index (χ4n) is 4.21. The quantitative estimate of drug-likeness (QED) is 0.676. The minimum Gasteiger partial charge on any atom is -0.392 e. The summed E-state index contributed by atoms with van der Waals surface area (Å²) in [7, 11) is 2.11. The summed E-state index contributed by atoms with van der Waals surface area (Å²) in [4.78, 5) is 0. The van der Waals surface area contributed by atoms with Gasteiger partial charge in [-0.05, 0) is 83.1 Å². The Morgan fingerprint density at radius 3 is 1.90 bits per heavy atom. The van der Waals surface area contributed by atoms with Crippen LogP contribution in [0.3, 0.4) is 0 Å². The second-order valence-electron chi connectivity index (χ2n) is 7.43. The van der Waals surface area contributed by atoms with Crippen molar-refractivity contribution in [2.75, 3.05) is 13.6 Å². The summed E-state index contributed by atoms with van der Waals surface area (Å²) in [6.07, 6.45) is 13.2. The van der Waals surface area contributed by atoms with Crippen molar-refractivity contribution in [2.24, 2.45) is 11.8 Å². The Balaban J connectivity index is 1.59. The maximum Gasteiger partial charge on any atom is 0.0662 e. The van der Waals surface area contributed by atoms with Gasteiger partial charge in [0.25, 0.3) is 0 Å². The predicted octanol–water partition coefficient (Wildman–Crippen LogP) is 3.07. The van der Waals surface area contributed by atoms with E-state index in [2.05, 4.69) is 17.7 Å². The maximum absolute atomic E-state index is 9.63. The topological polar surface area (TPSA) is 44.3 Å². The normalized spacial score (nSPS) is 35.6. The molecule has 2 fully saturated rings. The highest BCUT2D eigenvalue weighted by Gasteiger charge is 2.26. The van der Waals surface area contributed by atoms with Gasteiger partial charge in [-0.1, -0.05) is 6.92 Å². The van der Waals surface area contributed by atoms with Gasteiger partial charge in [-0.3, -0.25) is 0 Å². The molecule has 0 aromatic rings. The Hall–Kier alpha value is -0.120. The number of hydrogen-bond donors (Lipinski definition) is 3. The Morgan fingerprint density at radius 1 is 0.905 bits per heavy atom. The van der Waals surface area contributed by atoms with Crippen molar-refractivity contribution < 1.29 is 5.11 Å². The molecule has 3 heteroatoms. The van der Waals surface area contributed by atoms with Crippen LogP contribution in [-0.4, -0.2) is 36.9 Å². The van der Waals surface area contributed by atoms with Gasteiger partial charge < -0.3 is 15.7 Å². The van der Waals surface area contributed by atoms with Gasteiger partial charge in [0, 0.05) is 18.6 Å². The third-order valence-corrected chi connectivity index (χ3v) is 5.88. The Labute approximate surface area is 131 Å². The lowest BCUT2D eigenvalue weighted by molar-refractivity contribution is 0.152. The zero-order valence-corrected chi connectivity index (χ0v) is 14.1. The van der Waals surface area contributed by atoms with Crippen LogP contribution in [-0.2, 0) is 0 Å². The lowest BCUT2D eigenvalue weighted by atomic mass is 9.75. The molecule has 0 amide bonds. The second-order valence-corrected chi connectivity index (χ2v) is 7.43. The summed E-state index contributed by atoms with van der Waals surface area (Å²) in [5, 5.41) is 16.6. The highest BCUT2D eigenvalue weighted by Crippen LogP contribution is 2.35. The fraction of sp³-hybridized carbons (Fsp3) is 1.00. The molecule has 0 heterocycles. The maximum atomic E-state index is 9.63. The van der Waals surface area contributed by atoms with E-state index in [-0.39, 0.29) is 6.10 Å². The molecular weight excluding hydrogens is 260 g/mol. The molecule has 0 aromatic carbocycles. The molecule has 0 spiro atoms. The van der Waals surface area contributed by atoms with Crippen LogP contribution < -0.4 is 10.6 Å². The molecule has 0 saturated heterocycles. The smallest absolute Gasteiger partial charge is 0.0662 e. The molecule has 2 rings (SSSR count). The summed E-state index contributed by atoms with van der Waals surface area (Å²) in [5.41, 5.74) is 0. The van der Waals surface area contributed by atoms with Crippen molar-refractivity contribution in [1.82, 2.24) is 10.6 Å². The number of aliphatic hydroxyl groups is 1. The van der Waals surface area contributed by atoms with Crippen LogP contribution in [0.4, 0.5) is 0 Å². The SMILES string of the molecule is CCC(O)CNC1CCC(CC2CCC(NC)CC2)CC1. The lowest BCUT2D eigenvalue weighted by Gasteiger charge is -2.34. The molecule has 124 valence electrons. The number of rotatable bonds is 7. The molecule has 2 aliphatic rings. The Bertz CT molecular complexity index is 268. The van der Waals surface area contributed by atoms with Crippen LogP contribution in [0.25, 0.3) is 0 Å². The van der Waals surface area contributed by atoms with Gasteiger partial charge in [0.05, 0.1) is 6.10 Å². The van der Waals surface area contributed by atoms with Gasteiger partial charge in [-0.2, -0.15) is 0 Å². The average molecular weight is 296 g/mol. The van der Waals surface area contributed by atoms with Gasteiger partial charge >= 0.3 is 0 Å². The van der Waals surface area contributed by atoms with E-state index in [0.29, 0.717) is 6.04 Å². The zero-order chi connectivity index (χ0) is 15.1. The first-order valence-corrected chi connectivity index (χ1v) is 9.30. The van der Waals surface area contributed by atoms with Gasteiger partial charge in [0.1, 0.15) is 0 Å². The monoisotopic (exact) mass is 296 g/mol. The van der Waals surface area contributed by atoms with Crippen LogP contribution in [0, 0.1) is 11.8 Å². The van der Waals surface area contributed by atoms with Crippen LogP contribution in [0.2, 0.25) is 0 Å². The fourth-order valence-corrected chi connectivity index (χ4v) is 4.21. The number of hydrogen-bond acceptors (Lipinski definition) is 3. The molecule has 21 heavy (non-hydrogen) atoms. The summed E-state index contributed by atoms with van der Waals surface area (Å²) in [6.45, 7) is 2.83. The van der Waals surface area contributed by atoms with E-state index in [1.54, 1.807) is 0 Å². The van der Waals surface area contributed by atoms with Crippen molar-refractivity contribution in [3.8, 4) is 0 Å². The molecule has 3 N–H and O–H groups in total. The van der Waals surface area contributed by atoms with E-state index in [1.807, 2.05) is 6.92 Å². The van der Waals surface area contributed by atoms with Gasteiger partial charge in [-0.25, -0.2) is 0 Å². The van der Waals surface area contributed by atoms with Gasteiger partial charge in [-0.15, -0.1) is 0 Å².